The highest BCUT2D eigenvalue weighted by molar-refractivity contribution is 5.94. The molecule has 1 fully saturated rings. The van der Waals surface area contributed by atoms with Crippen LogP contribution in [-0.2, 0) is 4.79 Å². The summed E-state index contributed by atoms with van der Waals surface area (Å²) >= 11 is 0. The first-order chi connectivity index (χ1) is 7.68. The molecule has 1 heterocycles. The molecule has 0 saturated carbocycles. The molecular weight excluding hydrogens is 200 g/mol. The van der Waals surface area contributed by atoms with Gasteiger partial charge in [0.05, 0.1) is 0 Å². The molecule has 0 aliphatic carbocycles. The summed E-state index contributed by atoms with van der Waals surface area (Å²) in [6.45, 7) is 2.84. The summed E-state index contributed by atoms with van der Waals surface area (Å²) in [5.74, 6) is 0.228. The third kappa shape index (κ3) is 2.18. The van der Waals surface area contributed by atoms with Crippen LogP contribution < -0.4 is 10.6 Å². The Hall–Kier alpha value is -1.51. The fourth-order valence-electron chi connectivity index (χ4n) is 2.15. The highest BCUT2D eigenvalue weighted by atomic mass is 16.2. The monoisotopic (exact) mass is 218 g/mol. The van der Waals surface area contributed by atoms with E-state index in [0.29, 0.717) is 6.42 Å². The van der Waals surface area contributed by atoms with Gasteiger partial charge in [0.2, 0.25) is 5.91 Å². The quantitative estimate of drug-likeness (QED) is 0.736. The second kappa shape index (κ2) is 4.56. The molecule has 0 bridgehead atoms. The molecule has 0 unspecified atom stereocenters. The van der Waals surface area contributed by atoms with Gasteiger partial charge in [0.15, 0.2) is 0 Å². The van der Waals surface area contributed by atoms with Crippen molar-refractivity contribution >= 4 is 17.3 Å². The lowest BCUT2D eigenvalue weighted by molar-refractivity contribution is -0.118. The molecule has 1 saturated heterocycles. The first kappa shape index (κ1) is 11.0. The summed E-state index contributed by atoms with van der Waals surface area (Å²) in [6.07, 6.45) is 3.90. The van der Waals surface area contributed by atoms with Crippen molar-refractivity contribution in [1.29, 1.82) is 0 Å². The molecule has 1 amide bonds. The summed E-state index contributed by atoms with van der Waals surface area (Å²) in [5.41, 5.74) is 8.59. The van der Waals surface area contributed by atoms with Crippen LogP contribution in [0.1, 0.15) is 31.2 Å². The van der Waals surface area contributed by atoms with Crippen LogP contribution in [0, 0.1) is 6.92 Å². The maximum absolute atomic E-state index is 12.0. The Labute approximate surface area is 96.2 Å². The molecule has 0 radical (unpaired) electrons. The minimum absolute atomic E-state index is 0.228. The molecule has 1 aliphatic rings. The Bertz CT molecular complexity index is 401. The van der Waals surface area contributed by atoms with E-state index >= 15 is 0 Å². The van der Waals surface area contributed by atoms with Crippen LogP contribution in [0.2, 0.25) is 0 Å². The topological polar surface area (TPSA) is 46.3 Å². The summed E-state index contributed by atoms with van der Waals surface area (Å²) in [5, 5.41) is 0. The predicted molar refractivity (Wildman–Crippen MR) is 66.4 cm³/mol. The van der Waals surface area contributed by atoms with Crippen molar-refractivity contribution in [3.8, 4) is 0 Å². The molecule has 1 aromatic carbocycles. The Kier molecular flexibility index (Phi) is 3.13. The number of carbonyl (C=O) groups is 1. The van der Waals surface area contributed by atoms with Crippen molar-refractivity contribution in [2.75, 3.05) is 17.2 Å². The molecule has 1 aliphatic heterocycles. The zero-order valence-corrected chi connectivity index (χ0v) is 9.70. The van der Waals surface area contributed by atoms with Gasteiger partial charge in [0.1, 0.15) is 0 Å². The molecule has 86 valence electrons. The lowest BCUT2D eigenvalue weighted by atomic mass is 10.1. The standard InChI is InChI=1S/C13H18N2O/c1-10-6-7-11(14)9-12(10)15-8-4-2-3-5-13(15)16/h6-7,9H,2-5,8,14H2,1H3. The minimum atomic E-state index is 0.228. The van der Waals surface area contributed by atoms with Crippen molar-refractivity contribution < 1.29 is 4.79 Å². The van der Waals surface area contributed by atoms with Gasteiger partial charge in [-0.1, -0.05) is 12.5 Å². The number of hydrogen-bond donors (Lipinski definition) is 1. The number of benzene rings is 1. The summed E-state index contributed by atoms with van der Waals surface area (Å²) in [6, 6.07) is 5.75. The summed E-state index contributed by atoms with van der Waals surface area (Å²) < 4.78 is 0. The molecular formula is C13H18N2O. The molecule has 2 rings (SSSR count). The number of anilines is 2. The zero-order valence-electron chi connectivity index (χ0n) is 9.70. The molecule has 0 aromatic heterocycles. The van der Waals surface area contributed by atoms with Gasteiger partial charge < -0.3 is 10.6 Å². The average Bonchev–Trinajstić information content (AvgIpc) is 2.47. The van der Waals surface area contributed by atoms with Crippen LogP contribution in [0.5, 0.6) is 0 Å². The van der Waals surface area contributed by atoms with Gasteiger partial charge >= 0.3 is 0 Å². The molecule has 0 atom stereocenters. The van der Waals surface area contributed by atoms with Gasteiger partial charge in [-0.25, -0.2) is 0 Å². The van der Waals surface area contributed by atoms with Gasteiger partial charge in [-0.15, -0.1) is 0 Å². The Balaban J connectivity index is 2.33. The summed E-state index contributed by atoms with van der Waals surface area (Å²) in [4.78, 5) is 13.9. The van der Waals surface area contributed by atoms with E-state index < -0.39 is 0 Å². The SMILES string of the molecule is Cc1ccc(N)cc1N1CCCCCC1=O. The highest BCUT2D eigenvalue weighted by Gasteiger charge is 2.19. The molecule has 3 nitrogen and oxygen atoms in total. The van der Waals surface area contributed by atoms with E-state index in [1.165, 1.54) is 0 Å². The number of amides is 1. The van der Waals surface area contributed by atoms with Crippen LogP contribution in [0.15, 0.2) is 18.2 Å². The smallest absolute Gasteiger partial charge is 0.226 e. The fourth-order valence-corrected chi connectivity index (χ4v) is 2.15. The van der Waals surface area contributed by atoms with E-state index in [0.717, 1.165) is 42.7 Å². The van der Waals surface area contributed by atoms with Crippen LogP contribution in [0.4, 0.5) is 11.4 Å². The number of nitrogen functional groups attached to an aromatic ring is 1. The van der Waals surface area contributed by atoms with Crippen LogP contribution in [0.3, 0.4) is 0 Å². The van der Waals surface area contributed by atoms with Crippen molar-refractivity contribution in [3.63, 3.8) is 0 Å². The first-order valence-electron chi connectivity index (χ1n) is 5.85. The maximum Gasteiger partial charge on any atom is 0.226 e. The van der Waals surface area contributed by atoms with Crippen molar-refractivity contribution in [3.05, 3.63) is 23.8 Å². The van der Waals surface area contributed by atoms with E-state index in [9.17, 15) is 4.79 Å². The zero-order chi connectivity index (χ0) is 11.5. The summed E-state index contributed by atoms with van der Waals surface area (Å²) in [7, 11) is 0. The number of aryl methyl sites for hydroxylation is 1. The average molecular weight is 218 g/mol. The number of nitrogens with two attached hydrogens (primary N) is 1. The Morgan fingerprint density at radius 3 is 2.88 bits per heavy atom. The van der Waals surface area contributed by atoms with Gasteiger partial charge in [-0.2, -0.15) is 0 Å². The number of rotatable bonds is 1. The van der Waals surface area contributed by atoms with E-state index in [-0.39, 0.29) is 5.91 Å². The third-order valence-corrected chi connectivity index (χ3v) is 3.10. The first-order valence-corrected chi connectivity index (χ1v) is 5.85. The molecule has 16 heavy (non-hydrogen) atoms. The number of carbonyl (C=O) groups excluding carboxylic acids is 1. The largest absolute Gasteiger partial charge is 0.399 e. The van der Waals surface area contributed by atoms with Crippen LogP contribution in [0.25, 0.3) is 0 Å². The normalized spacial score (nSPS) is 17.3. The maximum atomic E-state index is 12.0. The third-order valence-electron chi connectivity index (χ3n) is 3.10. The van der Waals surface area contributed by atoms with E-state index in [2.05, 4.69) is 0 Å². The fraction of sp³-hybridized carbons (Fsp3) is 0.462. The number of nitrogens with zero attached hydrogens (tertiary/aromatic N) is 1. The van der Waals surface area contributed by atoms with Gasteiger partial charge in [0.25, 0.3) is 0 Å². The highest BCUT2D eigenvalue weighted by Crippen LogP contribution is 2.26. The molecule has 3 heteroatoms. The predicted octanol–water partition coefficient (Wildman–Crippen LogP) is 2.48. The van der Waals surface area contributed by atoms with Crippen molar-refractivity contribution in [1.82, 2.24) is 0 Å². The van der Waals surface area contributed by atoms with Gasteiger partial charge in [-0.05, 0) is 37.5 Å². The van der Waals surface area contributed by atoms with E-state index in [4.69, 9.17) is 5.73 Å². The Morgan fingerprint density at radius 2 is 2.06 bits per heavy atom. The van der Waals surface area contributed by atoms with Crippen molar-refractivity contribution in [2.45, 2.75) is 32.6 Å². The second-order valence-electron chi connectivity index (χ2n) is 4.40. The second-order valence-corrected chi connectivity index (χ2v) is 4.40. The van der Waals surface area contributed by atoms with Crippen molar-refractivity contribution in [2.24, 2.45) is 0 Å². The molecule has 0 spiro atoms. The van der Waals surface area contributed by atoms with Gasteiger partial charge in [-0.3, -0.25) is 4.79 Å². The molecule has 2 N–H and O–H groups in total. The van der Waals surface area contributed by atoms with E-state index in [1.807, 2.05) is 30.0 Å². The molecule has 1 aromatic rings. The van der Waals surface area contributed by atoms with Crippen LogP contribution in [-0.4, -0.2) is 12.5 Å². The van der Waals surface area contributed by atoms with Gasteiger partial charge in [0, 0.05) is 24.3 Å². The van der Waals surface area contributed by atoms with E-state index in [1.54, 1.807) is 0 Å². The Morgan fingerprint density at radius 1 is 1.25 bits per heavy atom. The number of hydrogen-bond acceptors (Lipinski definition) is 2. The minimum Gasteiger partial charge on any atom is -0.399 e. The lowest BCUT2D eigenvalue weighted by Crippen LogP contribution is -2.30. The van der Waals surface area contributed by atoms with Crippen LogP contribution >= 0.6 is 0 Å². The lowest BCUT2D eigenvalue weighted by Gasteiger charge is -2.23.